The molecular weight excluding hydrogens is 811 g/mol. The van der Waals surface area contributed by atoms with Crippen LogP contribution < -0.4 is 0 Å². The standard InChI is InChI=1S/C31H26N3O.C13H24O2.Ir/c1-18-12-21(13-19(2)34-18)26-15-22(14-20-8-6-7-9-24(20)26)28-30-29(33-17-32-28)25-11-10-23(31(3,4)5)16-27(25)35-30;1-5-10(6-2)12(14)9-13(15)11(7-3)8-4;/h6-13,15-17H,1-5H3;9-11,14H,5-8H2,1-4H3;/q-1;;/b;12-9-;. The van der Waals surface area contributed by atoms with Gasteiger partial charge in [0.15, 0.2) is 5.78 Å². The van der Waals surface area contributed by atoms with Crippen LogP contribution in [-0.2, 0) is 30.3 Å². The summed E-state index contributed by atoms with van der Waals surface area (Å²) < 4.78 is 6.41. The molecule has 0 aliphatic rings. The van der Waals surface area contributed by atoms with Crippen LogP contribution in [0.5, 0.6) is 0 Å². The first-order chi connectivity index (χ1) is 23.9. The summed E-state index contributed by atoms with van der Waals surface area (Å²) in [5, 5.41) is 12.9. The van der Waals surface area contributed by atoms with Crippen LogP contribution in [0.2, 0.25) is 0 Å². The predicted molar refractivity (Wildman–Crippen MR) is 206 cm³/mol. The van der Waals surface area contributed by atoms with Crippen molar-refractivity contribution < 1.29 is 34.4 Å². The molecule has 0 fully saturated rings. The molecular formula is C44H50IrN3O3-. The monoisotopic (exact) mass is 861 g/mol. The number of fused-ring (bicyclic) bond motifs is 4. The van der Waals surface area contributed by atoms with Crippen molar-refractivity contribution in [3.63, 3.8) is 0 Å². The molecule has 6 nitrogen and oxygen atoms in total. The predicted octanol–water partition coefficient (Wildman–Crippen LogP) is 11.8. The number of aromatic nitrogens is 3. The largest absolute Gasteiger partial charge is 0.512 e. The van der Waals surface area contributed by atoms with E-state index in [-0.39, 0.29) is 48.9 Å². The molecule has 6 rings (SSSR count). The number of aryl methyl sites for hydroxylation is 2. The Balaban J connectivity index is 0.000000312. The maximum absolute atomic E-state index is 11.7. The van der Waals surface area contributed by atoms with Gasteiger partial charge in [-0.25, -0.2) is 4.98 Å². The van der Waals surface area contributed by atoms with Gasteiger partial charge < -0.3 is 9.52 Å². The van der Waals surface area contributed by atoms with Gasteiger partial charge in [-0.05, 0) is 80.3 Å². The third kappa shape index (κ3) is 8.83. The number of hydrogen-bond donors (Lipinski definition) is 1. The van der Waals surface area contributed by atoms with Crippen LogP contribution in [0.25, 0.3) is 55.2 Å². The molecule has 0 bridgehead atoms. The minimum Gasteiger partial charge on any atom is -0.512 e. The van der Waals surface area contributed by atoms with E-state index in [1.54, 1.807) is 6.33 Å². The zero-order valence-corrected chi connectivity index (χ0v) is 33.7. The number of nitrogens with zero attached hydrogens (tertiary/aromatic N) is 3. The quantitative estimate of drug-likeness (QED) is 0.0885. The molecule has 0 aliphatic carbocycles. The van der Waals surface area contributed by atoms with Gasteiger partial charge in [-0.15, -0.1) is 23.6 Å². The molecule has 1 N–H and O–H groups in total. The number of aliphatic hydroxyl groups excluding tert-OH is 1. The van der Waals surface area contributed by atoms with E-state index in [1.165, 1.54) is 11.6 Å². The maximum Gasteiger partial charge on any atom is 0.162 e. The van der Waals surface area contributed by atoms with Gasteiger partial charge in [0.2, 0.25) is 0 Å². The molecule has 0 saturated carbocycles. The molecule has 51 heavy (non-hydrogen) atoms. The van der Waals surface area contributed by atoms with Gasteiger partial charge >= 0.3 is 0 Å². The molecule has 0 amide bonds. The third-order valence-corrected chi connectivity index (χ3v) is 9.62. The first-order valence-corrected chi connectivity index (χ1v) is 17.9. The van der Waals surface area contributed by atoms with E-state index in [0.29, 0.717) is 5.58 Å². The van der Waals surface area contributed by atoms with Crippen LogP contribution in [0.3, 0.4) is 0 Å². The smallest absolute Gasteiger partial charge is 0.162 e. The van der Waals surface area contributed by atoms with E-state index < -0.39 is 0 Å². The van der Waals surface area contributed by atoms with Crippen molar-refractivity contribution in [2.45, 2.75) is 93.4 Å². The van der Waals surface area contributed by atoms with Gasteiger partial charge in [-0.3, -0.25) is 14.8 Å². The van der Waals surface area contributed by atoms with E-state index in [2.05, 4.69) is 96.4 Å². The van der Waals surface area contributed by atoms with Gasteiger partial charge in [0, 0.05) is 54.8 Å². The number of hydrogen-bond acceptors (Lipinski definition) is 6. The molecule has 1 radical (unpaired) electrons. The van der Waals surface area contributed by atoms with Crippen molar-refractivity contribution >= 4 is 38.6 Å². The summed E-state index contributed by atoms with van der Waals surface area (Å²) in [6, 6.07) is 24.7. The summed E-state index contributed by atoms with van der Waals surface area (Å²) in [4.78, 5) is 25.5. The van der Waals surface area contributed by atoms with Crippen molar-refractivity contribution in [1.29, 1.82) is 0 Å². The minimum absolute atomic E-state index is 0. The van der Waals surface area contributed by atoms with Crippen LogP contribution in [0.1, 0.15) is 91.1 Å². The zero-order valence-electron chi connectivity index (χ0n) is 31.4. The van der Waals surface area contributed by atoms with Crippen molar-refractivity contribution in [1.82, 2.24) is 15.0 Å². The van der Waals surface area contributed by atoms with Crippen molar-refractivity contribution in [2.75, 3.05) is 0 Å². The van der Waals surface area contributed by atoms with E-state index in [0.717, 1.165) is 86.7 Å². The van der Waals surface area contributed by atoms with Gasteiger partial charge in [-0.2, -0.15) is 0 Å². The van der Waals surface area contributed by atoms with Crippen LogP contribution in [0.4, 0.5) is 0 Å². The van der Waals surface area contributed by atoms with Gasteiger partial charge in [0.25, 0.3) is 0 Å². The maximum atomic E-state index is 11.7. The Morgan fingerprint density at radius 3 is 2.14 bits per heavy atom. The van der Waals surface area contributed by atoms with Crippen LogP contribution in [0, 0.1) is 31.7 Å². The van der Waals surface area contributed by atoms with E-state index in [9.17, 15) is 9.90 Å². The fraction of sp³-hybridized carbons (Fsp3) is 0.364. The normalized spacial score (nSPS) is 12.0. The second-order valence-electron chi connectivity index (χ2n) is 14.2. The van der Waals surface area contributed by atoms with Gasteiger partial charge in [0.1, 0.15) is 23.0 Å². The third-order valence-electron chi connectivity index (χ3n) is 9.62. The number of carbonyl (C=O) groups excluding carboxylic acids is 1. The average molecular weight is 861 g/mol. The number of ketones is 1. The van der Waals surface area contributed by atoms with Gasteiger partial charge in [0.05, 0.1) is 11.5 Å². The van der Waals surface area contributed by atoms with Gasteiger partial charge in [-0.1, -0.05) is 89.2 Å². The molecule has 0 aliphatic heterocycles. The summed E-state index contributed by atoms with van der Waals surface area (Å²) in [5.41, 5.74) is 9.47. The Hall–Kier alpha value is -4.19. The average Bonchev–Trinajstić information content (AvgIpc) is 3.46. The number of rotatable bonds is 9. The fourth-order valence-corrected chi connectivity index (χ4v) is 6.60. The molecule has 0 spiro atoms. The molecule has 0 saturated heterocycles. The molecule has 3 aromatic heterocycles. The first kappa shape index (κ1) is 39.6. The molecule has 0 atom stereocenters. The Bertz CT molecular complexity index is 2150. The number of aliphatic hydroxyl groups is 1. The number of carbonyl (C=O) groups is 1. The molecule has 269 valence electrons. The van der Waals surface area contributed by atoms with Crippen LogP contribution in [0.15, 0.2) is 83.2 Å². The molecule has 3 heterocycles. The molecule has 3 aromatic carbocycles. The SMILES string of the molecule is CCC(CC)C(=O)/C=C(\O)C(CC)CC.Cc1cc(-c2cc(-c3ncnc4c3oc3cc(C(C)(C)C)ccc34)[c-]c3ccccc23)cc(C)n1.[Ir]. The Kier molecular flexibility index (Phi) is 13.1. The summed E-state index contributed by atoms with van der Waals surface area (Å²) in [6.07, 6.45) is 6.52. The summed E-state index contributed by atoms with van der Waals surface area (Å²) >= 11 is 0. The number of allylic oxidation sites excluding steroid dienone is 2. The second-order valence-corrected chi connectivity index (χ2v) is 14.2. The minimum atomic E-state index is 0. The Morgan fingerprint density at radius 2 is 1.51 bits per heavy atom. The Morgan fingerprint density at radius 1 is 0.863 bits per heavy atom. The number of benzene rings is 3. The van der Waals surface area contributed by atoms with Crippen LogP contribution >= 0.6 is 0 Å². The van der Waals surface area contributed by atoms with Crippen molar-refractivity contribution in [3.05, 3.63) is 102 Å². The fourth-order valence-electron chi connectivity index (χ4n) is 6.60. The van der Waals surface area contributed by atoms with Crippen LogP contribution in [-0.4, -0.2) is 25.8 Å². The first-order valence-electron chi connectivity index (χ1n) is 17.9. The summed E-state index contributed by atoms with van der Waals surface area (Å²) in [7, 11) is 0. The van der Waals surface area contributed by atoms with E-state index in [4.69, 9.17) is 4.42 Å². The van der Waals surface area contributed by atoms with E-state index >= 15 is 0 Å². The second kappa shape index (κ2) is 16.9. The Labute approximate surface area is 316 Å². The van der Waals surface area contributed by atoms with Crippen molar-refractivity contribution in [3.8, 4) is 22.4 Å². The van der Waals surface area contributed by atoms with Crippen molar-refractivity contribution in [2.24, 2.45) is 11.8 Å². The topological polar surface area (TPSA) is 89.1 Å². The molecule has 0 unspecified atom stereocenters. The summed E-state index contributed by atoms with van der Waals surface area (Å²) in [6.45, 7) is 18.7. The number of furan rings is 1. The molecule has 7 heteroatoms. The van der Waals surface area contributed by atoms with E-state index in [1.807, 2.05) is 47.6 Å². The summed E-state index contributed by atoms with van der Waals surface area (Å²) in [5.74, 6) is 0.547. The molecule has 6 aromatic rings. The zero-order chi connectivity index (χ0) is 36.2. The number of pyridine rings is 1.